The molecular weight excluding hydrogens is 212 g/mol. The lowest BCUT2D eigenvalue weighted by Crippen LogP contribution is -2.19. The Morgan fingerprint density at radius 3 is 2.82 bits per heavy atom. The lowest BCUT2D eigenvalue weighted by Gasteiger charge is -2.09. The third kappa shape index (κ3) is 1.43. The Morgan fingerprint density at radius 1 is 1.18 bits per heavy atom. The van der Waals surface area contributed by atoms with Crippen LogP contribution >= 0.6 is 0 Å². The maximum absolute atomic E-state index is 11.8. The van der Waals surface area contributed by atoms with Gasteiger partial charge in [0.1, 0.15) is 0 Å². The van der Waals surface area contributed by atoms with Crippen molar-refractivity contribution in [3.8, 4) is 0 Å². The van der Waals surface area contributed by atoms with Gasteiger partial charge in [0, 0.05) is 11.9 Å². The van der Waals surface area contributed by atoms with Gasteiger partial charge in [0.15, 0.2) is 0 Å². The second-order valence-electron chi connectivity index (χ2n) is 4.00. The second kappa shape index (κ2) is 3.70. The van der Waals surface area contributed by atoms with E-state index in [-0.39, 0.29) is 5.56 Å². The molecule has 3 aromatic rings. The Kier molecular flexibility index (Phi) is 2.18. The number of hydrogen-bond acceptors (Lipinski definition) is 2. The van der Waals surface area contributed by atoms with Crippen LogP contribution < -0.4 is 5.56 Å². The van der Waals surface area contributed by atoms with E-state index in [9.17, 15) is 4.79 Å². The summed E-state index contributed by atoms with van der Waals surface area (Å²) in [6, 6.07) is 12.1. The first-order valence-electron chi connectivity index (χ1n) is 5.68. The molecule has 3 nitrogen and oxygen atoms in total. The van der Waals surface area contributed by atoms with E-state index in [1.807, 2.05) is 43.3 Å². The van der Waals surface area contributed by atoms with Crippen molar-refractivity contribution in [3.05, 3.63) is 52.9 Å². The average molecular weight is 224 g/mol. The Bertz CT molecular complexity index is 759. The summed E-state index contributed by atoms with van der Waals surface area (Å²) in [4.78, 5) is 16.0. The fraction of sp³-hybridized carbons (Fsp3) is 0.143. The van der Waals surface area contributed by atoms with Gasteiger partial charge in [-0.15, -0.1) is 0 Å². The van der Waals surface area contributed by atoms with Gasteiger partial charge in [0.2, 0.25) is 0 Å². The van der Waals surface area contributed by atoms with E-state index in [2.05, 4.69) is 4.98 Å². The summed E-state index contributed by atoms with van der Waals surface area (Å²) in [7, 11) is 0. The molecule has 0 amide bonds. The SMILES string of the molecule is CCn1c(=O)cnc2ccc3ccccc3c21. The molecule has 0 fully saturated rings. The molecule has 0 unspecified atom stereocenters. The Hall–Kier alpha value is -2.16. The standard InChI is InChI=1S/C14H12N2O/c1-2-16-13(17)9-15-12-8-7-10-5-3-4-6-11(10)14(12)16/h3-9H,2H2,1H3. The first-order chi connectivity index (χ1) is 8.31. The molecule has 0 bridgehead atoms. The van der Waals surface area contributed by atoms with Crippen molar-refractivity contribution >= 4 is 21.8 Å². The molecule has 0 saturated heterocycles. The van der Waals surface area contributed by atoms with Gasteiger partial charge in [-0.05, 0) is 18.4 Å². The zero-order valence-corrected chi connectivity index (χ0v) is 9.55. The van der Waals surface area contributed by atoms with Crippen LogP contribution in [0, 0.1) is 0 Å². The predicted octanol–water partition coefficient (Wildman–Crippen LogP) is 2.57. The molecule has 1 heterocycles. The van der Waals surface area contributed by atoms with Crippen LogP contribution in [0.15, 0.2) is 47.4 Å². The maximum atomic E-state index is 11.8. The van der Waals surface area contributed by atoms with E-state index >= 15 is 0 Å². The van der Waals surface area contributed by atoms with Gasteiger partial charge in [-0.2, -0.15) is 0 Å². The number of nitrogens with zero attached hydrogens (tertiary/aromatic N) is 2. The zero-order chi connectivity index (χ0) is 11.8. The molecule has 0 radical (unpaired) electrons. The molecule has 17 heavy (non-hydrogen) atoms. The highest BCUT2D eigenvalue weighted by atomic mass is 16.1. The van der Waals surface area contributed by atoms with Crippen molar-refractivity contribution in [1.29, 1.82) is 0 Å². The van der Waals surface area contributed by atoms with Crippen molar-refractivity contribution in [1.82, 2.24) is 9.55 Å². The third-order valence-electron chi connectivity index (χ3n) is 3.05. The van der Waals surface area contributed by atoms with Crippen LogP contribution in [0.4, 0.5) is 0 Å². The number of hydrogen-bond donors (Lipinski definition) is 0. The van der Waals surface area contributed by atoms with Gasteiger partial charge in [-0.1, -0.05) is 30.3 Å². The molecule has 0 aliphatic carbocycles. The molecule has 1 aromatic heterocycles. The molecule has 0 aliphatic rings. The lowest BCUT2D eigenvalue weighted by molar-refractivity contribution is 0.755. The number of fused-ring (bicyclic) bond motifs is 3. The van der Waals surface area contributed by atoms with Crippen LogP contribution in [0.25, 0.3) is 21.8 Å². The van der Waals surface area contributed by atoms with Crippen molar-refractivity contribution in [2.75, 3.05) is 0 Å². The minimum absolute atomic E-state index is 0.0450. The number of benzene rings is 2. The van der Waals surface area contributed by atoms with Crippen molar-refractivity contribution in [3.63, 3.8) is 0 Å². The van der Waals surface area contributed by atoms with Gasteiger partial charge in [0.05, 0.1) is 17.2 Å². The van der Waals surface area contributed by atoms with E-state index in [0.717, 1.165) is 21.8 Å². The molecule has 0 spiro atoms. The first-order valence-corrected chi connectivity index (χ1v) is 5.68. The maximum Gasteiger partial charge on any atom is 0.269 e. The highest BCUT2D eigenvalue weighted by Crippen LogP contribution is 2.22. The van der Waals surface area contributed by atoms with E-state index < -0.39 is 0 Å². The van der Waals surface area contributed by atoms with Gasteiger partial charge in [-0.25, -0.2) is 4.98 Å². The smallest absolute Gasteiger partial charge is 0.269 e. The molecule has 0 aliphatic heterocycles. The summed E-state index contributed by atoms with van der Waals surface area (Å²) < 4.78 is 1.77. The van der Waals surface area contributed by atoms with E-state index in [1.165, 1.54) is 6.20 Å². The minimum Gasteiger partial charge on any atom is -0.305 e. The minimum atomic E-state index is -0.0450. The summed E-state index contributed by atoms with van der Waals surface area (Å²) in [6.45, 7) is 2.63. The monoisotopic (exact) mass is 224 g/mol. The summed E-state index contributed by atoms with van der Waals surface area (Å²) in [5.74, 6) is 0. The first kappa shape index (κ1) is 10.0. The highest BCUT2D eigenvalue weighted by Gasteiger charge is 2.06. The van der Waals surface area contributed by atoms with Gasteiger partial charge >= 0.3 is 0 Å². The van der Waals surface area contributed by atoms with Crippen LogP contribution in [0.5, 0.6) is 0 Å². The molecule has 84 valence electrons. The van der Waals surface area contributed by atoms with Crippen LogP contribution in [-0.2, 0) is 6.54 Å². The van der Waals surface area contributed by atoms with Crippen molar-refractivity contribution in [2.24, 2.45) is 0 Å². The van der Waals surface area contributed by atoms with Crippen LogP contribution in [0.2, 0.25) is 0 Å². The van der Waals surface area contributed by atoms with E-state index in [4.69, 9.17) is 0 Å². The van der Waals surface area contributed by atoms with Crippen LogP contribution in [-0.4, -0.2) is 9.55 Å². The Morgan fingerprint density at radius 2 is 2.00 bits per heavy atom. The summed E-state index contributed by atoms with van der Waals surface area (Å²) in [5.41, 5.74) is 1.75. The molecule has 0 atom stereocenters. The fourth-order valence-corrected chi connectivity index (χ4v) is 2.25. The van der Waals surface area contributed by atoms with Gasteiger partial charge in [0.25, 0.3) is 5.56 Å². The molecule has 3 rings (SSSR count). The average Bonchev–Trinajstić information content (AvgIpc) is 2.38. The third-order valence-corrected chi connectivity index (χ3v) is 3.05. The van der Waals surface area contributed by atoms with Crippen molar-refractivity contribution < 1.29 is 0 Å². The second-order valence-corrected chi connectivity index (χ2v) is 4.00. The van der Waals surface area contributed by atoms with Crippen LogP contribution in [0.1, 0.15) is 6.92 Å². The normalized spacial score (nSPS) is 11.1. The number of aryl methyl sites for hydroxylation is 1. The lowest BCUT2D eigenvalue weighted by atomic mass is 10.1. The molecule has 0 saturated carbocycles. The molecule has 3 heteroatoms. The predicted molar refractivity (Wildman–Crippen MR) is 69.2 cm³/mol. The Labute approximate surface area is 98.3 Å². The van der Waals surface area contributed by atoms with E-state index in [0.29, 0.717) is 6.54 Å². The van der Waals surface area contributed by atoms with Crippen LogP contribution in [0.3, 0.4) is 0 Å². The quantitative estimate of drug-likeness (QED) is 0.595. The topological polar surface area (TPSA) is 34.9 Å². The molecule has 2 aromatic carbocycles. The van der Waals surface area contributed by atoms with Gasteiger partial charge in [-0.3, -0.25) is 4.79 Å². The Balaban J connectivity index is 2.64. The van der Waals surface area contributed by atoms with Gasteiger partial charge < -0.3 is 4.57 Å². The summed E-state index contributed by atoms with van der Waals surface area (Å²) in [5, 5.41) is 2.21. The summed E-state index contributed by atoms with van der Waals surface area (Å²) in [6.07, 6.45) is 1.39. The number of aromatic nitrogens is 2. The molecule has 0 N–H and O–H groups in total. The zero-order valence-electron chi connectivity index (χ0n) is 9.55. The molecular formula is C14H12N2O. The fourth-order valence-electron chi connectivity index (χ4n) is 2.25. The largest absolute Gasteiger partial charge is 0.305 e. The van der Waals surface area contributed by atoms with E-state index in [1.54, 1.807) is 4.57 Å². The summed E-state index contributed by atoms with van der Waals surface area (Å²) >= 11 is 0. The van der Waals surface area contributed by atoms with Crippen molar-refractivity contribution in [2.45, 2.75) is 13.5 Å². The number of rotatable bonds is 1. The highest BCUT2D eigenvalue weighted by molar-refractivity contribution is 6.03.